The summed E-state index contributed by atoms with van der Waals surface area (Å²) >= 11 is 1.58. The lowest BCUT2D eigenvalue weighted by molar-refractivity contribution is -0.0498. The fourth-order valence-electron chi connectivity index (χ4n) is 2.15. The lowest BCUT2D eigenvalue weighted by Gasteiger charge is -2.15. The molecule has 0 aliphatic carbocycles. The molecule has 22 heavy (non-hydrogen) atoms. The van der Waals surface area contributed by atoms with E-state index in [0.29, 0.717) is 5.56 Å². The number of hydrogen-bond acceptors (Lipinski definition) is 3. The highest BCUT2D eigenvalue weighted by molar-refractivity contribution is 7.12. The van der Waals surface area contributed by atoms with Crippen LogP contribution in [0.4, 0.5) is 8.78 Å². The van der Waals surface area contributed by atoms with Crippen LogP contribution >= 0.6 is 11.3 Å². The zero-order valence-corrected chi connectivity index (χ0v) is 13.3. The van der Waals surface area contributed by atoms with Crippen LogP contribution in [0, 0.1) is 13.8 Å². The molecule has 0 aliphatic rings. The molecule has 0 bridgehead atoms. The van der Waals surface area contributed by atoms with Gasteiger partial charge in [-0.3, -0.25) is 4.79 Å². The van der Waals surface area contributed by atoms with Crippen LogP contribution in [-0.2, 0) is 0 Å². The Hall–Kier alpha value is -1.95. The largest absolute Gasteiger partial charge is 0.435 e. The van der Waals surface area contributed by atoms with E-state index >= 15 is 0 Å². The minimum atomic E-state index is -2.84. The van der Waals surface area contributed by atoms with E-state index < -0.39 is 6.61 Å². The number of amides is 1. The fourth-order valence-corrected chi connectivity index (χ4v) is 3.07. The van der Waals surface area contributed by atoms with Crippen LogP contribution in [0.3, 0.4) is 0 Å². The van der Waals surface area contributed by atoms with E-state index in [1.54, 1.807) is 23.5 Å². The van der Waals surface area contributed by atoms with Crippen molar-refractivity contribution in [3.05, 3.63) is 51.2 Å². The van der Waals surface area contributed by atoms with Gasteiger partial charge in [0.1, 0.15) is 5.75 Å². The highest BCUT2D eigenvalue weighted by Crippen LogP contribution is 2.23. The third kappa shape index (κ3) is 4.04. The molecule has 1 aromatic carbocycles. The Morgan fingerprint density at radius 1 is 1.23 bits per heavy atom. The van der Waals surface area contributed by atoms with Crippen LogP contribution in [0.2, 0.25) is 0 Å². The number of carbonyl (C=O) groups excluding carboxylic acids is 1. The number of nitrogens with one attached hydrogen (secondary N) is 1. The Labute approximate surface area is 131 Å². The van der Waals surface area contributed by atoms with Crippen molar-refractivity contribution in [2.45, 2.75) is 33.4 Å². The monoisotopic (exact) mass is 325 g/mol. The second kappa shape index (κ2) is 6.87. The highest BCUT2D eigenvalue weighted by atomic mass is 32.1. The Balaban J connectivity index is 2.04. The Morgan fingerprint density at radius 2 is 1.86 bits per heavy atom. The molecule has 0 saturated heterocycles. The molecule has 3 nitrogen and oxygen atoms in total. The van der Waals surface area contributed by atoms with E-state index in [0.717, 1.165) is 15.3 Å². The summed E-state index contributed by atoms with van der Waals surface area (Å²) in [6, 6.07) is 7.88. The van der Waals surface area contributed by atoms with Gasteiger partial charge < -0.3 is 10.1 Å². The molecule has 0 radical (unpaired) electrons. The molecular weight excluding hydrogens is 308 g/mol. The first kappa shape index (κ1) is 16.4. The molecule has 1 amide bonds. The third-order valence-electron chi connectivity index (χ3n) is 3.24. The number of carbonyl (C=O) groups is 1. The van der Waals surface area contributed by atoms with Gasteiger partial charge in [0.25, 0.3) is 5.91 Å². The Kier molecular flexibility index (Phi) is 5.13. The van der Waals surface area contributed by atoms with Crippen molar-refractivity contribution in [2.75, 3.05) is 0 Å². The van der Waals surface area contributed by atoms with Crippen molar-refractivity contribution in [2.24, 2.45) is 0 Å². The number of hydrogen-bond donors (Lipinski definition) is 1. The number of benzene rings is 1. The minimum absolute atomic E-state index is 0.0987. The van der Waals surface area contributed by atoms with Crippen LogP contribution < -0.4 is 10.1 Å². The van der Waals surface area contributed by atoms with Crippen LogP contribution in [0.15, 0.2) is 30.3 Å². The normalized spacial score (nSPS) is 12.3. The fraction of sp³-hybridized carbons (Fsp3) is 0.312. The summed E-state index contributed by atoms with van der Waals surface area (Å²) in [5, 5.41) is 2.91. The van der Waals surface area contributed by atoms with Crippen molar-refractivity contribution >= 4 is 17.2 Å². The smallest absolute Gasteiger partial charge is 0.387 e. The Morgan fingerprint density at radius 3 is 2.36 bits per heavy atom. The molecule has 118 valence electrons. The van der Waals surface area contributed by atoms with Gasteiger partial charge in [0.2, 0.25) is 0 Å². The molecule has 6 heteroatoms. The van der Waals surface area contributed by atoms with Crippen LogP contribution in [0.25, 0.3) is 0 Å². The molecule has 1 N–H and O–H groups in total. The molecular formula is C16H17F2NO2S. The van der Waals surface area contributed by atoms with Crippen molar-refractivity contribution < 1.29 is 18.3 Å². The topological polar surface area (TPSA) is 38.3 Å². The lowest BCUT2D eigenvalue weighted by atomic mass is 10.1. The predicted molar refractivity (Wildman–Crippen MR) is 82.7 cm³/mol. The summed E-state index contributed by atoms with van der Waals surface area (Å²) in [7, 11) is 0. The average Bonchev–Trinajstić information content (AvgIpc) is 2.78. The first-order valence-corrected chi connectivity index (χ1v) is 7.61. The maximum Gasteiger partial charge on any atom is 0.387 e. The van der Waals surface area contributed by atoms with Crippen molar-refractivity contribution in [1.29, 1.82) is 0 Å². The van der Waals surface area contributed by atoms with E-state index in [1.165, 1.54) is 12.1 Å². The van der Waals surface area contributed by atoms with Gasteiger partial charge in [-0.05, 0) is 44.5 Å². The van der Waals surface area contributed by atoms with E-state index in [4.69, 9.17) is 0 Å². The zero-order chi connectivity index (χ0) is 16.3. The second-order valence-electron chi connectivity index (χ2n) is 4.97. The van der Waals surface area contributed by atoms with Gasteiger partial charge >= 0.3 is 6.61 Å². The minimum Gasteiger partial charge on any atom is -0.435 e. The second-order valence-corrected chi connectivity index (χ2v) is 6.43. The third-order valence-corrected chi connectivity index (χ3v) is 4.20. The van der Waals surface area contributed by atoms with Gasteiger partial charge in [-0.25, -0.2) is 0 Å². The quantitative estimate of drug-likeness (QED) is 0.881. The molecule has 1 heterocycles. The summed E-state index contributed by atoms with van der Waals surface area (Å²) in [5.74, 6) is -0.0381. The first-order valence-electron chi connectivity index (χ1n) is 6.79. The first-order chi connectivity index (χ1) is 10.4. The van der Waals surface area contributed by atoms with Gasteiger partial charge in [-0.1, -0.05) is 12.1 Å². The summed E-state index contributed by atoms with van der Waals surface area (Å²) in [4.78, 5) is 14.3. The standard InChI is InChI=1S/C16H17F2NO2S/c1-9-8-14(11(3)22-9)15(20)19-10(2)12-4-6-13(7-5-12)21-16(17)18/h4-8,10,16H,1-3H3,(H,19,20). The molecule has 2 aromatic rings. The maximum absolute atomic E-state index is 12.2. The number of rotatable bonds is 5. The van der Waals surface area contributed by atoms with Crippen LogP contribution in [0.1, 0.15) is 38.6 Å². The Bertz CT molecular complexity index is 653. The molecule has 2 rings (SSSR count). The SMILES string of the molecule is Cc1cc(C(=O)NC(C)c2ccc(OC(F)F)cc2)c(C)s1. The molecule has 1 unspecified atom stereocenters. The van der Waals surface area contributed by atoms with E-state index in [9.17, 15) is 13.6 Å². The summed E-state index contributed by atoms with van der Waals surface area (Å²) in [5.41, 5.74) is 1.49. The molecule has 1 aromatic heterocycles. The molecule has 0 aliphatic heterocycles. The van der Waals surface area contributed by atoms with E-state index in [2.05, 4.69) is 10.1 Å². The maximum atomic E-state index is 12.2. The number of thiophene rings is 1. The van der Waals surface area contributed by atoms with Crippen molar-refractivity contribution in [3.8, 4) is 5.75 Å². The summed E-state index contributed by atoms with van der Waals surface area (Å²) in [6.07, 6.45) is 0. The van der Waals surface area contributed by atoms with Gasteiger partial charge in [0.15, 0.2) is 0 Å². The van der Waals surface area contributed by atoms with Gasteiger partial charge in [-0.15, -0.1) is 11.3 Å². The molecule has 0 saturated carbocycles. The zero-order valence-electron chi connectivity index (χ0n) is 12.5. The van der Waals surface area contributed by atoms with Crippen molar-refractivity contribution in [1.82, 2.24) is 5.32 Å². The van der Waals surface area contributed by atoms with E-state index in [1.807, 2.05) is 26.8 Å². The predicted octanol–water partition coefficient (Wildman–Crippen LogP) is 4.46. The van der Waals surface area contributed by atoms with Gasteiger partial charge in [-0.2, -0.15) is 8.78 Å². The average molecular weight is 325 g/mol. The van der Waals surface area contributed by atoms with Crippen LogP contribution in [-0.4, -0.2) is 12.5 Å². The number of halogens is 2. The van der Waals surface area contributed by atoms with Gasteiger partial charge in [0, 0.05) is 9.75 Å². The van der Waals surface area contributed by atoms with Gasteiger partial charge in [0.05, 0.1) is 11.6 Å². The number of alkyl halides is 2. The van der Waals surface area contributed by atoms with E-state index in [-0.39, 0.29) is 17.7 Å². The number of aryl methyl sites for hydroxylation is 2. The number of ether oxygens (including phenoxy) is 1. The highest BCUT2D eigenvalue weighted by Gasteiger charge is 2.15. The summed E-state index contributed by atoms with van der Waals surface area (Å²) in [6.45, 7) is 2.87. The lowest BCUT2D eigenvalue weighted by Crippen LogP contribution is -2.26. The summed E-state index contributed by atoms with van der Waals surface area (Å²) < 4.78 is 28.5. The molecule has 0 spiro atoms. The van der Waals surface area contributed by atoms with Crippen LogP contribution in [0.5, 0.6) is 5.75 Å². The molecule has 1 atom stereocenters. The van der Waals surface area contributed by atoms with Crippen molar-refractivity contribution in [3.63, 3.8) is 0 Å². The molecule has 0 fully saturated rings.